The van der Waals surface area contributed by atoms with Crippen LogP contribution in [0.4, 0.5) is 11.6 Å². The van der Waals surface area contributed by atoms with Crippen molar-refractivity contribution >= 4 is 17.5 Å². The van der Waals surface area contributed by atoms with Gasteiger partial charge in [0.25, 0.3) is 0 Å². The summed E-state index contributed by atoms with van der Waals surface area (Å²) in [6.45, 7) is 7.04. The molecule has 4 nitrogen and oxygen atoms in total. The first-order valence-corrected chi connectivity index (χ1v) is 6.01. The molecule has 0 spiro atoms. The Morgan fingerprint density at radius 1 is 1.35 bits per heavy atom. The van der Waals surface area contributed by atoms with E-state index >= 15 is 0 Å². The summed E-state index contributed by atoms with van der Waals surface area (Å²) in [7, 11) is 0. The molecule has 1 aromatic heterocycles. The maximum absolute atomic E-state index is 11.6. The second-order valence-corrected chi connectivity index (χ2v) is 5.40. The molecule has 1 fully saturated rings. The Labute approximate surface area is 102 Å². The molecule has 0 radical (unpaired) electrons. The summed E-state index contributed by atoms with van der Waals surface area (Å²) in [6, 6.07) is 5.74. The molecule has 1 amide bonds. The van der Waals surface area contributed by atoms with Crippen molar-refractivity contribution < 1.29 is 4.79 Å². The van der Waals surface area contributed by atoms with Gasteiger partial charge >= 0.3 is 0 Å². The van der Waals surface area contributed by atoms with Gasteiger partial charge < -0.3 is 5.32 Å². The first kappa shape index (κ1) is 11.9. The van der Waals surface area contributed by atoms with Gasteiger partial charge in [0.15, 0.2) is 0 Å². The van der Waals surface area contributed by atoms with Crippen LogP contribution in [0, 0.1) is 0 Å². The number of hydrogen-bond donors (Lipinski definition) is 1. The Hall–Kier alpha value is -1.58. The third-order valence-corrected chi connectivity index (χ3v) is 2.59. The zero-order valence-corrected chi connectivity index (χ0v) is 10.7. The SMILES string of the molecule is CC(C)(C)Nc1cccc(N2CCCC2=O)n1. The molecule has 4 heteroatoms. The molecule has 1 N–H and O–H groups in total. The van der Waals surface area contributed by atoms with Gasteiger partial charge in [0, 0.05) is 18.5 Å². The lowest BCUT2D eigenvalue weighted by molar-refractivity contribution is -0.117. The van der Waals surface area contributed by atoms with Crippen LogP contribution in [-0.4, -0.2) is 23.0 Å². The number of carbonyl (C=O) groups excluding carboxylic acids is 1. The number of nitrogens with zero attached hydrogens (tertiary/aromatic N) is 2. The summed E-state index contributed by atoms with van der Waals surface area (Å²) in [4.78, 5) is 17.9. The number of anilines is 2. The van der Waals surface area contributed by atoms with Crippen molar-refractivity contribution in [2.45, 2.75) is 39.2 Å². The zero-order valence-electron chi connectivity index (χ0n) is 10.7. The number of carbonyl (C=O) groups is 1. The van der Waals surface area contributed by atoms with E-state index < -0.39 is 0 Å². The fourth-order valence-corrected chi connectivity index (χ4v) is 1.92. The highest BCUT2D eigenvalue weighted by molar-refractivity contribution is 5.94. The van der Waals surface area contributed by atoms with Crippen LogP contribution in [0.15, 0.2) is 18.2 Å². The van der Waals surface area contributed by atoms with Gasteiger partial charge in [-0.2, -0.15) is 0 Å². The van der Waals surface area contributed by atoms with E-state index in [9.17, 15) is 4.79 Å². The molecular formula is C13H19N3O. The molecule has 1 aliphatic rings. The van der Waals surface area contributed by atoms with Crippen LogP contribution in [0.1, 0.15) is 33.6 Å². The summed E-state index contributed by atoms with van der Waals surface area (Å²) in [5, 5.41) is 3.31. The predicted molar refractivity (Wildman–Crippen MR) is 69.2 cm³/mol. The van der Waals surface area contributed by atoms with Crippen molar-refractivity contribution in [3.63, 3.8) is 0 Å². The molecule has 2 heterocycles. The van der Waals surface area contributed by atoms with E-state index in [1.807, 2.05) is 18.2 Å². The molecule has 0 aliphatic carbocycles. The van der Waals surface area contributed by atoms with Gasteiger partial charge in [0.2, 0.25) is 5.91 Å². The standard InChI is InChI=1S/C13H19N3O/c1-13(2,3)15-10-6-4-7-11(14-10)16-9-5-8-12(16)17/h4,6-7H,5,8-9H2,1-3H3,(H,14,15). The third-order valence-electron chi connectivity index (χ3n) is 2.59. The second-order valence-electron chi connectivity index (χ2n) is 5.40. The van der Waals surface area contributed by atoms with Gasteiger partial charge in [0.1, 0.15) is 11.6 Å². The Morgan fingerprint density at radius 3 is 2.71 bits per heavy atom. The molecule has 92 valence electrons. The molecule has 0 bridgehead atoms. The van der Waals surface area contributed by atoms with Crippen LogP contribution in [0.25, 0.3) is 0 Å². The molecular weight excluding hydrogens is 214 g/mol. The van der Waals surface area contributed by atoms with Crippen molar-refractivity contribution in [3.05, 3.63) is 18.2 Å². The molecule has 17 heavy (non-hydrogen) atoms. The number of nitrogens with one attached hydrogen (secondary N) is 1. The molecule has 1 aromatic rings. The van der Waals surface area contributed by atoms with Gasteiger partial charge in [-0.05, 0) is 39.3 Å². The monoisotopic (exact) mass is 233 g/mol. The van der Waals surface area contributed by atoms with E-state index in [4.69, 9.17) is 0 Å². The van der Waals surface area contributed by atoms with Gasteiger partial charge in [-0.1, -0.05) is 6.07 Å². The minimum Gasteiger partial charge on any atom is -0.365 e. The topological polar surface area (TPSA) is 45.2 Å². The molecule has 0 saturated carbocycles. The lowest BCUT2D eigenvalue weighted by atomic mass is 10.1. The summed E-state index contributed by atoms with van der Waals surface area (Å²) >= 11 is 0. The minimum absolute atomic E-state index is 0.0271. The van der Waals surface area contributed by atoms with E-state index in [1.165, 1.54) is 0 Å². The number of aromatic nitrogens is 1. The van der Waals surface area contributed by atoms with Crippen molar-refractivity contribution in [1.29, 1.82) is 0 Å². The second kappa shape index (κ2) is 4.35. The van der Waals surface area contributed by atoms with Crippen molar-refractivity contribution in [2.75, 3.05) is 16.8 Å². The Balaban J connectivity index is 2.19. The average Bonchev–Trinajstić information content (AvgIpc) is 2.62. The molecule has 1 saturated heterocycles. The van der Waals surface area contributed by atoms with E-state index in [0.717, 1.165) is 24.6 Å². The van der Waals surface area contributed by atoms with Gasteiger partial charge in [-0.25, -0.2) is 4.98 Å². The van der Waals surface area contributed by atoms with Crippen LogP contribution < -0.4 is 10.2 Å². The minimum atomic E-state index is -0.0271. The molecule has 1 aliphatic heterocycles. The summed E-state index contributed by atoms with van der Waals surface area (Å²) in [5.41, 5.74) is -0.0271. The highest BCUT2D eigenvalue weighted by Gasteiger charge is 2.23. The Kier molecular flexibility index (Phi) is 3.05. The van der Waals surface area contributed by atoms with Crippen LogP contribution >= 0.6 is 0 Å². The first-order valence-electron chi connectivity index (χ1n) is 6.01. The summed E-state index contributed by atoms with van der Waals surface area (Å²) < 4.78 is 0. The number of amides is 1. The quantitative estimate of drug-likeness (QED) is 0.853. The molecule has 2 rings (SSSR count). The predicted octanol–water partition coefficient (Wildman–Crippen LogP) is 2.42. The number of hydrogen-bond acceptors (Lipinski definition) is 3. The van der Waals surface area contributed by atoms with Gasteiger partial charge in [-0.3, -0.25) is 9.69 Å². The smallest absolute Gasteiger partial charge is 0.228 e. The summed E-state index contributed by atoms with van der Waals surface area (Å²) in [5.74, 6) is 1.74. The highest BCUT2D eigenvalue weighted by atomic mass is 16.2. The molecule has 0 atom stereocenters. The van der Waals surface area contributed by atoms with E-state index in [0.29, 0.717) is 6.42 Å². The molecule has 0 aromatic carbocycles. The van der Waals surface area contributed by atoms with Crippen LogP contribution in [-0.2, 0) is 4.79 Å². The van der Waals surface area contributed by atoms with Gasteiger partial charge in [0.05, 0.1) is 0 Å². The lowest BCUT2D eigenvalue weighted by Crippen LogP contribution is -2.28. The Bertz CT molecular complexity index is 423. The number of rotatable bonds is 2. The number of pyridine rings is 1. The van der Waals surface area contributed by atoms with Crippen molar-refractivity contribution in [2.24, 2.45) is 0 Å². The van der Waals surface area contributed by atoms with Gasteiger partial charge in [-0.15, -0.1) is 0 Å². The van der Waals surface area contributed by atoms with E-state index in [2.05, 4.69) is 31.1 Å². The first-order chi connectivity index (χ1) is 7.96. The van der Waals surface area contributed by atoms with Crippen molar-refractivity contribution in [3.8, 4) is 0 Å². The highest BCUT2D eigenvalue weighted by Crippen LogP contribution is 2.21. The average molecular weight is 233 g/mol. The Morgan fingerprint density at radius 2 is 2.12 bits per heavy atom. The largest absolute Gasteiger partial charge is 0.365 e. The normalized spacial score (nSPS) is 16.4. The summed E-state index contributed by atoms with van der Waals surface area (Å²) in [6.07, 6.45) is 1.57. The third kappa shape index (κ3) is 2.96. The van der Waals surface area contributed by atoms with E-state index in [-0.39, 0.29) is 11.4 Å². The lowest BCUT2D eigenvalue weighted by Gasteiger charge is -2.22. The van der Waals surface area contributed by atoms with Crippen LogP contribution in [0.5, 0.6) is 0 Å². The van der Waals surface area contributed by atoms with Crippen LogP contribution in [0.3, 0.4) is 0 Å². The fraction of sp³-hybridized carbons (Fsp3) is 0.538. The maximum Gasteiger partial charge on any atom is 0.228 e. The zero-order chi connectivity index (χ0) is 12.5. The van der Waals surface area contributed by atoms with E-state index in [1.54, 1.807) is 4.90 Å². The maximum atomic E-state index is 11.6. The fourth-order valence-electron chi connectivity index (χ4n) is 1.92. The van der Waals surface area contributed by atoms with Crippen molar-refractivity contribution in [1.82, 2.24) is 4.98 Å². The molecule has 0 unspecified atom stereocenters. The van der Waals surface area contributed by atoms with Crippen LogP contribution in [0.2, 0.25) is 0 Å².